The first-order valence-corrected chi connectivity index (χ1v) is 13.8. The van der Waals surface area contributed by atoms with E-state index in [1.165, 1.54) is 64.2 Å². The topological polar surface area (TPSA) is 58.2 Å². The van der Waals surface area contributed by atoms with Gasteiger partial charge in [0.2, 0.25) is 11.8 Å². The van der Waals surface area contributed by atoms with Gasteiger partial charge in [0.25, 0.3) is 0 Å². The summed E-state index contributed by atoms with van der Waals surface area (Å²) in [4.78, 5) is 25.2. The van der Waals surface area contributed by atoms with E-state index in [4.69, 9.17) is 0 Å². The van der Waals surface area contributed by atoms with Crippen LogP contribution in [-0.4, -0.2) is 24.4 Å². The highest BCUT2D eigenvalue weighted by molar-refractivity contribution is 5.76. The van der Waals surface area contributed by atoms with Gasteiger partial charge in [-0.15, -0.1) is 0 Å². The molecule has 3 aliphatic rings. The molecule has 4 nitrogen and oxygen atoms in total. The largest absolute Gasteiger partial charge is 0.356 e. The molecule has 3 rings (SSSR count). The van der Waals surface area contributed by atoms with Crippen molar-refractivity contribution in [2.75, 3.05) is 6.54 Å². The number of nitrogens with one attached hydrogen (secondary N) is 2. The van der Waals surface area contributed by atoms with Gasteiger partial charge in [0.15, 0.2) is 0 Å². The number of carbonyl (C=O) groups is 2. The highest BCUT2D eigenvalue weighted by atomic mass is 16.2. The van der Waals surface area contributed by atoms with Crippen molar-refractivity contribution >= 4 is 11.8 Å². The highest BCUT2D eigenvalue weighted by Gasteiger charge is 2.41. The van der Waals surface area contributed by atoms with E-state index in [2.05, 4.69) is 31.4 Å². The average Bonchev–Trinajstić information content (AvgIpc) is 2.75. The molecule has 2 atom stereocenters. The van der Waals surface area contributed by atoms with Crippen LogP contribution in [0.2, 0.25) is 0 Å². The van der Waals surface area contributed by atoms with Crippen LogP contribution < -0.4 is 10.6 Å². The average molecular weight is 447 g/mol. The summed E-state index contributed by atoms with van der Waals surface area (Å²) in [5.74, 6) is 1.96. The molecule has 0 bridgehead atoms. The molecule has 3 saturated carbocycles. The lowest BCUT2D eigenvalue weighted by Gasteiger charge is -2.47. The lowest BCUT2D eigenvalue weighted by atomic mass is 9.62. The maximum absolute atomic E-state index is 12.7. The van der Waals surface area contributed by atoms with Crippen molar-refractivity contribution < 1.29 is 9.59 Å². The van der Waals surface area contributed by atoms with Gasteiger partial charge in [-0.2, -0.15) is 0 Å². The van der Waals surface area contributed by atoms with E-state index in [9.17, 15) is 9.59 Å². The minimum absolute atomic E-state index is 0.0452. The Bertz CT molecular complexity index is 605. The lowest BCUT2D eigenvalue weighted by molar-refractivity contribution is -0.124. The van der Waals surface area contributed by atoms with Crippen molar-refractivity contribution in [1.82, 2.24) is 10.6 Å². The fraction of sp³-hybridized carbons (Fsp3) is 0.929. The van der Waals surface area contributed by atoms with Crippen molar-refractivity contribution in [2.45, 2.75) is 136 Å². The second kappa shape index (κ2) is 11.9. The molecule has 0 spiro atoms. The fourth-order valence-corrected chi connectivity index (χ4v) is 7.19. The van der Waals surface area contributed by atoms with Crippen molar-refractivity contribution in [2.24, 2.45) is 22.7 Å². The van der Waals surface area contributed by atoms with Gasteiger partial charge in [0.05, 0.1) is 0 Å². The number of amides is 2. The smallest absolute Gasteiger partial charge is 0.220 e. The molecule has 0 aromatic rings. The Hall–Kier alpha value is -1.06. The van der Waals surface area contributed by atoms with E-state index in [1.807, 2.05) is 0 Å². The van der Waals surface area contributed by atoms with E-state index in [0.29, 0.717) is 12.8 Å². The minimum atomic E-state index is 0.0452. The van der Waals surface area contributed by atoms with Gasteiger partial charge in [0.1, 0.15) is 0 Å². The molecule has 3 aliphatic carbocycles. The summed E-state index contributed by atoms with van der Waals surface area (Å²) in [6.45, 7) is 7.66. The number of carbonyl (C=O) groups excluding carboxylic acids is 2. The van der Waals surface area contributed by atoms with Crippen molar-refractivity contribution in [3.63, 3.8) is 0 Å². The molecule has 0 saturated heterocycles. The first-order valence-electron chi connectivity index (χ1n) is 13.8. The Labute approximate surface area is 197 Å². The van der Waals surface area contributed by atoms with Crippen LogP contribution in [0, 0.1) is 22.7 Å². The zero-order valence-electron chi connectivity index (χ0n) is 21.3. The molecule has 184 valence electrons. The third-order valence-corrected chi connectivity index (χ3v) is 8.53. The van der Waals surface area contributed by atoms with Crippen molar-refractivity contribution in [3.05, 3.63) is 0 Å². The zero-order valence-corrected chi connectivity index (χ0v) is 21.3. The van der Waals surface area contributed by atoms with Gasteiger partial charge >= 0.3 is 0 Å². The molecule has 0 aliphatic heterocycles. The lowest BCUT2D eigenvalue weighted by Crippen LogP contribution is -2.50. The summed E-state index contributed by atoms with van der Waals surface area (Å²) in [6, 6.07) is 0.224. The van der Waals surface area contributed by atoms with E-state index in [1.54, 1.807) is 0 Å². The maximum Gasteiger partial charge on any atom is 0.220 e. The number of hydrogen-bond donors (Lipinski definition) is 2. The third-order valence-electron chi connectivity index (χ3n) is 8.53. The summed E-state index contributed by atoms with van der Waals surface area (Å²) in [7, 11) is 0. The summed E-state index contributed by atoms with van der Waals surface area (Å²) in [5.41, 5.74) is 0.227. The molecule has 0 aromatic heterocycles. The molecular formula is C28H50N2O2. The van der Waals surface area contributed by atoms with Crippen molar-refractivity contribution in [1.29, 1.82) is 0 Å². The van der Waals surface area contributed by atoms with E-state index in [0.717, 1.165) is 50.5 Å². The van der Waals surface area contributed by atoms with Gasteiger partial charge in [-0.1, -0.05) is 85.0 Å². The van der Waals surface area contributed by atoms with Gasteiger partial charge in [-0.3, -0.25) is 9.59 Å². The molecule has 0 aromatic carbocycles. The standard InChI is InChI=1S/C28H50N2O2/c1-27(2)18-24(30-26(32)17-15-23-12-8-5-9-13-23)19-28(3,20-27)21-29-25(31)16-14-22-10-6-4-7-11-22/h22-24H,4-21H2,1-3H3,(H,29,31)(H,30,32)/t24-,28-/m0/s1. The monoisotopic (exact) mass is 446 g/mol. The van der Waals surface area contributed by atoms with Gasteiger partial charge in [-0.25, -0.2) is 0 Å². The molecule has 0 heterocycles. The Morgan fingerprint density at radius 2 is 1.28 bits per heavy atom. The van der Waals surface area contributed by atoms with Crippen molar-refractivity contribution in [3.8, 4) is 0 Å². The number of rotatable bonds is 9. The molecule has 4 heteroatoms. The Morgan fingerprint density at radius 3 is 1.84 bits per heavy atom. The summed E-state index contributed by atoms with van der Waals surface area (Å²) >= 11 is 0. The molecule has 32 heavy (non-hydrogen) atoms. The van der Waals surface area contributed by atoms with Crippen LogP contribution in [0.4, 0.5) is 0 Å². The Balaban J connectivity index is 1.42. The minimum Gasteiger partial charge on any atom is -0.356 e. The molecule has 0 unspecified atom stereocenters. The molecular weight excluding hydrogens is 396 g/mol. The molecule has 2 N–H and O–H groups in total. The van der Waals surface area contributed by atoms with Gasteiger partial charge in [-0.05, 0) is 54.8 Å². The van der Waals surface area contributed by atoms with Crippen LogP contribution in [0.5, 0.6) is 0 Å². The SMILES string of the molecule is CC1(C)C[C@H](NC(=O)CCC2CCCCC2)C[C@](C)(CNC(=O)CCC2CCCCC2)C1. The Kier molecular flexibility index (Phi) is 9.49. The molecule has 0 radical (unpaired) electrons. The summed E-state index contributed by atoms with van der Waals surface area (Å²) in [5, 5.41) is 6.63. The van der Waals surface area contributed by atoms with Gasteiger partial charge in [0, 0.05) is 25.4 Å². The normalized spacial score (nSPS) is 29.4. The molecule has 3 fully saturated rings. The van der Waals surface area contributed by atoms with E-state index >= 15 is 0 Å². The van der Waals surface area contributed by atoms with Crippen LogP contribution >= 0.6 is 0 Å². The first-order chi connectivity index (χ1) is 15.2. The maximum atomic E-state index is 12.7. The number of hydrogen-bond acceptors (Lipinski definition) is 2. The van der Waals surface area contributed by atoms with E-state index in [-0.39, 0.29) is 28.7 Å². The zero-order chi connectivity index (χ0) is 23.0. The fourth-order valence-electron chi connectivity index (χ4n) is 7.19. The quantitative estimate of drug-likeness (QED) is 0.423. The van der Waals surface area contributed by atoms with Crippen LogP contribution in [0.25, 0.3) is 0 Å². The highest BCUT2D eigenvalue weighted by Crippen LogP contribution is 2.46. The van der Waals surface area contributed by atoms with E-state index < -0.39 is 0 Å². The molecule has 2 amide bonds. The van der Waals surface area contributed by atoms with Crippen LogP contribution in [0.3, 0.4) is 0 Å². The second-order valence-electron chi connectivity index (χ2n) is 12.7. The first kappa shape index (κ1) is 25.6. The predicted molar refractivity (Wildman–Crippen MR) is 132 cm³/mol. The van der Waals surface area contributed by atoms with Crippen LogP contribution in [0.15, 0.2) is 0 Å². The predicted octanol–water partition coefficient (Wildman–Crippen LogP) is 6.52. The Morgan fingerprint density at radius 1 is 0.750 bits per heavy atom. The van der Waals surface area contributed by atoms with Crippen LogP contribution in [-0.2, 0) is 9.59 Å². The summed E-state index contributed by atoms with van der Waals surface area (Å²) in [6.07, 6.45) is 19.9. The second-order valence-corrected chi connectivity index (χ2v) is 12.7. The van der Waals surface area contributed by atoms with Gasteiger partial charge < -0.3 is 10.6 Å². The summed E-state index contributed by atoms with van der Waals surface area (Å²) < 4.78 is 0. The van der Waals surface area contributed by atoms with Crippen LogP contribution in [0.1, 0.15) is 130 Å². The third kappa shape index (κ3) is 8.71.